The number of nitro groups is 1. The summed E-state index contributed by atoms with van der Waals surface area (Å²) in [6.07, 6.45) is 0.476. The molecule has 0 saturated carbocycles. The lowest BCUT2D eigenvalue weighted by atomic mass is 10.1. The quantitative estimate of drug-likeness (QED) is 0.152. The number of hydrogen-bond donors (Lipinski definition) is 1. The van der Waals surface area contributed by atoms with Crippen molar-refractivity contribution in [3.05, 3.63) is 46.0 Å². The van der Waals surface area contributed by atoms with Gasteiger partial charge in [-0.3, -0.25) is 14.9 Å². The van der Waals surface area contributed by atoms with Crippen molar-refractivity contribution in [2.24, 2.45) is 0 Å². The molecular formula is C28H35N3O12. The lowest BCUT2D eigenvalue weighted by Crippen LogP contribution is -2.49. The number of esters is 1. The minimum Gasteiger partial charge on any atom is -0.493 e. The number of anilines is 1. The second kappa shape index (κ2) is 15.4. The van der Waals surface area contributed by atoms with Gasteiger partial charge in [0.15, 0.2) is 23.0 Å². The fraction of sp³-hybridized carbons (Fsp3) is 0.464. The van der Waals surface area contributed by atoms with Crippen molar-refractivity contribution in [1.29, 1.82) is 0 Å². The van der Waals surface area contributed by atoms with Crippen molar-refractivity contribution < 1.29 is 52.8 Å². The molecule has 43 heavy (non-hydrogen) atoms. The van der Waals surface area contributed by atoms with Crippen molar-refractivity contribution >= 4 is 29.5 Å². The van der Waals surface area contributed by atoms with E-state index in [9.17, 15) is 29.6 Å². The molecule has 1 atom stereocenters. The Balaban J connectivity index is 1.88. The van der Waals surface area contributed by atoms with E-state index in [4.69, 9.17) is 23.7 Å². The van der Waals surface area contributed by atoms with Crippen molar-refractivity contribution in [3.8, 4) is 23.0 Å². The zero-order valence-corrected chi connectivity index (χ0v) is 24.4. The minimum absolute atomic E-state index is 0.0220. The average molecular weight is 606 g/mol. The standard InChI is InChI=1S/C28H35N3O12/c1-38-22-10-9-19(14-24(22)40-3)30(27(34)29-11-5-7-20(29)16-32)28(35)43-17-18-13-23(39-2)25(15-21(18)31(36)37)42-12-6-8-26(33)41-4/h9-10,13-15,20,32H,5-8,11-12,16-17H2,1-4H3. The summed E-state index contributed by atoms with van der Waals surface area (Å²) in [5, 5.41) is 21.7. The van der Waals surface area contributed by atoms with E-state index in [1.54, 1.807) is 0 Å². The highest BCUT2D eigenvalue weighted by atomic mass is 16.6. The van der Waals surface area contributed by atoms with Crippen LogP contribution in [0, 0.1) is 10.1 Å². The molecular weight excluding hydrogens is 570 g/mol. The number of amides is 3. The van der Waals surface area contributed by atoms with Gasteiger partial charge in [0.25, 0.3) is 5.69 Å². The number of urea groups is 1. The summed E-state index contributed by atoms with van der Waals surface area (Å²) in [6, 6.07) is 5.58. The number of benzene rings is 2. The molecule has 1 N–H and O–H groups in total. The summed E-state index contributed by atoms with van der Waals surface area (Å²) >= 11 is 0. The van der Waals surface area contributed by atoms with Gasteiger partial charge in [-0.15, -0.1) is 0 Å². The maximum Gasteiger partial charge on any atom is 0.423 e. The number of hydrogen-bond acceptors (Lipinski definition) is 12. The molecule has 15 heteroatoms. The fourth-order valence-electron chi connectivity index (χ4n) is 4.52. The van der Waals surface area contributed by atoms with E-state index in [2.05, 4.69) is 4.74 Å². The molecule has 234 valence electrons. The van der Waals surface area contributed by atoms with Crippen LogP contribution in [0.4, 0.5) is 21.0 Å². The van der Waals surface area contributed by atoms with E-state index in [0.717, 1.165) is 11.0 Å². The number of nitro benzene ring substituents is 1. The van der Waals surface area contributed by atoms with Crippen LogP contribution in [-0.4, -0.2) is 87.3 Å². The molecule has 0 bridgehead atoms. The number of aliphatic hydroxyl groups excluding tert-OH is 1. The Hall–Kier alpha value is -4.79. The van der Waals surface area contributed by atoms with Crippen molar-refractivity contribution in [2.45, 2.75) is 38.3 Å². The third-order valence-corrected chi connectivity index (χ3v) is 6.76. The summed E-state index contributed by atoms with van der Waals surface area (Å²) < 4.78 is 31.5. The number of methoxy groups -OCH3 is 4. The van der Waals surface area contributed by atoms with Gasteiger partial charge in [0, 0.05) is 19.0 Å². The van der Waals surface area contributed by atoms with Crippen LogP contribution in [0.5, 0.6) is 23.0 Å². The van der Waals surface area contributed by atoms with Crippen LogP contribution in [0.1, 0.15) is 31.2 Å². The summed E-state index contributed by atoms with van der Waals surface area (Å²) in [5.74, 6) is 0.367. The van der Waals surface area contributed by atoms with E-state index in [1.165, 1.54) is 57.6 Å². The van der Waals surface area contributed by atoms with Crippen LogP contribution in [-0.2, 0) is 20.9 Å². The molecule has 0 aromatic heterocycles. The fourth-order valence-corrected chi connectivity index (χ4v) is 4.52. The highest BCUT2D eigenvalue weighted by Crippen LogP contribution is 2.36. The van der Waals surface area contributed by atoms with Gasteiger partial charge in [0.2, 0.25) is 0 Å². The van der Waals surface area contributed by atoms with Gasteiger partial charge in [-0.25, -0.2) is 9.59 Å². The Labute approximate surface area is 247 Å². The third-order valence-electron chi connectivity index (χ3n) is 6.76. The van der Waals surface area contributed by atoms with Crippen LogP contribution in [0.3, 0.4) is 0 Å². The molecule has 3 amide bonds. The first-order chi connectivity index (χ1) is 20.7. The Morgan fingerprint density at radius 3 is 2.35 bits per heavy atom. The van der Waals surface area contributed by atoms with E-state index in [1.807, 2.05) is 0 Å². The van der Waals surface area contributed by atoms with E-state index >= 15 is 0 Å². The van der Waals surface area contributed by atoms with Crippen LogP contribution >= 0.6 is 0 Å². The molecule has 1 unspecified atom stereocenters. The molecule has 1 fully saturated rings. The van der Waals surface area contributed by atoms with Gasteiger partial charge in [0.1, 0.15) is 6.61 Å². The first-order valence-electron chi connectivity index (χ1n) is 13.3. The molecule has 0 radical (unpaired) electrons. The van der Waals surface area contributed by atoms with Crippen molar-refractivity contribution in [3.63, 3.8) is 0 Å². The van der Waals surface area contributed by atoms with Gasteiger partial charge in [0.05, 0.1) is 69.9 Å². The van der Waals surface area contributed by atoms with E-state index in [-0.39, 0.29) is 48.1 Å². The van der Waals surface area contributed by atoms with Gasteiger partial charge in [-0.1, -0.05) is 0 Å². The molecule has 1 aliphatic heterocycles. The summed E-state index contributed by atoms with van der Waals surface area (Å²) in [7, 11) is 5.43. The molecule has 1 aliphatic rings. The highest BCUT2D eigenvalue weighted by Gasteiger charge is 2.36. The first kappa shape index (κ1) is 32.7. The Bertz CT molecular complexity index is 1320. The SMILES string of the molecule is COC(=O)CCCOc1cc([N+](=O)[O-])c(COC(=O)N(C(=O)N2CCCC2CO)c2ccc(OC)c(OC)c2)cc1OC. The number of nitrogens with zero attached hydrogens (tertiary/aromatic N) is 3. The Kier molecular flexibility index (Phi) is 11.8. The number of ether oxygens (including phenoxy) is 6. The number of carbonyl (C=O) groups is 3. The summed E-state index contributed by atoms with van der Waals surface area (Å²) in [5.41, 5.74) is -0.342. The van der Waals surface area contributed by atoms with Gasteiger partial charge >= 0.3 is 18.1 Å². The van der Waals surface area contributed by atoms with E-state index < -0.39 is 41.4 Å². The molecule has 0 aliphatic carbocycles. The van der Waals surface area contributed by atoms with Crippen LogP contribution in [0.25, 0.3) is 0 Å². The Morgan fingerprint density at radius 2 is 1.72 bits per heavy atom. The lowest BCUT2D eigenvalue weighted by molar-refractivity contribution is -0.385. The second-order valence-electron chi connectivity index (χ2n) is 9.30. The van der Waals surface area contributed by atoms with Gasteiger partial charge < -0.3 is 38.4 Å². The molecule has 15 nitrogen and oxygen atoms in total. The van der Waals surface area contributed by atoms with Crippen LogP contribution in [0.15, 0.2) is 30.3 Å². The summed E-state index contributed by atoms with van der Waals surface area (Å²) in [6.45, 7) is -0.506. The molecule has 2 aromatic rings. The highest BCUT2D eigenvalue weighted by molar-refractivity contribution is 6.11. The third kappa shape index (κ3) is 7.94. The second-order valence-corrected chi connectivity index (χ2v) is 9.30. The molecule has 3 rings (SSSR count). The smallest absolute Gasteiger partial charge is 0.423 e. The largest absolute Gasteiger partial charge is 0.493 e. The van der Waals surface area contributed by atoms with Gasteiger partial charge in [-0.2, -0.15) is 4.90 Å². The number of likely N-dealkylation sites (tertiary alicyclic amines) is 1. The number of rotatable bonds is 13. The molecule has 1 saturated heterocycles. The zero-order valence-electron chi connectivity index (χ0n) is 24.4. The van der Waals surface area contributed by atoms with Crippen molar-refractivity contribution in [1.82, 2.24) is 4.90 Å². The van der Waals surface area contributed by atoms with Crippen LogP contribution < -0.4 is 23.8 Å². The lowest BCUT2D eigenvalue weighted by Gasteiger charge is -2.29. The predicted octanol–water partition coefficient (Wildman–Crippen LogP) is 3.67. The van der Waals surface area contributed by atoms with Crippen LogP contribution in [0.2, 0.25) is 0 Å². The predicted molar refractivity (Wildman–Crippen MR) is 151 cm³/mol. The monoisotopic (exact) mass is 605 g/mol. The minimum atomic E-state index is -1.11. The molecule has 2 aromatic carbocycles. The van der Waals surface area contributed by atoms with Gasteiger partial charge in [-0.05, 0) is 37.5 Å². The van der Waals surface area contributed by atoms with E-state index in [0.29, 0.717) is 31.6 Å². The zero-order chi connectivity index (χ0) is 31.5. The first-order valence-corrected chi connectivity index (χ1v) is 13.3. The molecule has 0 spiro atoms. The normalized spacial score (nSPS) is 14.1. The maximum atomic E-state index is 13.6. The number of imide groups is 1. The number of carbonyl (C=O) groups excluding carboxylic acids is 3. The Morgan fingerprint density at radius 1 is 1.02 bits per heavy atom. The summed E-state index contributed by atoms with van der Waals surface area (Å²) in [4.78, 5) is 51.8. The topological polar surface area (TPSA) is 176 Å². The van der Waals surface area contributed by atoms with Crippen molar-refractivity contribution in [2.75, 3.05) is 53.1 Å². The average Bonchev–Trinajstić information content (AvgIpc) is 3.50. The number of aliphatic hydroxyl groups is 1. The maximum absolute atomic E-state index is 13.6. The molecule has 1 heterocycles.